The monoisotopic (exact) mass is 351 g/mol. The van der Waals surface area contributed by atoms with E-state index in [0.29, 0.717) is 5.56 Å². The van der Waals surface area contributed by atoms with E-state index in [-0.39, 0.29) is 5.97 Å². The Kier molecular flexibility index (Phi) is 3.56. The molecule has 0 saturated carbocycles. The number of hydrogen-bond donors (Lipinski definition) is 0. The van der Waals surface area contributed by atoms with E-state index in [1.54, 1.807) is 11.3 Å². The summed E-state index contributed by atoms with van der Waals surface area (Å²) in [7, 11) is 3.49. The zero-order valence-electron chi connectivity index (χ0n) is 11.3. The first-order valence-electron chi connectivity index (χ1n) is 6.31. The maximum absolute atomic E-state index is 11.9. The Morgan fingerprint density at radius 2 is 2.25 bits per heavy atom. The minimum atomic E-state index is -0.315. The molecule has 3 rings (SSSR count). The Morgan fingerprint density at radius 3 is 3.00 bits per heavy atom. The van der Waals surface area contributed by atoms with Crippen molar-refractivity contribution in [1.82, 2.24) is 0 Å². The molecule has 20 heavy (non-hydrogen) atoms. The van der Waals surface area contributed by atoms with Gasteiger partial charge < -0.3 is 9.64 Å². The summed E-state index contributed by atoms with van der Waals surface area (Å²) in [5.74, 6) is -0.315. The maximum atomic E-state index is 11.9. The second kappa shape index (κ2) is 5.22. The van der Waals surface area contributed by atoms with Gasteiger partial charge >= 0.3 is 5.97 Å². The van der Waals surface area contributed by atoms with Crippen LogP contribution < -0.4 is 4.90 Å². The summed E-state index contributed by atoms with van der Waals surface area (Å²) in [4.78, 5) is 15.4. The van der Waals surface area contributed by atoms with E-state index in [1.165, 1.54) is 17.6 Å². The standard InChI is InChI=1S/C15H14BrNO2S/c1-17-5-3-9-4-6-20-14(9)11-7-10(15(18)19-2)12(16)8-13(11)17/h4,6-8H,3,5H2,1-2H3. The van der Waals surface area contributed by atoms with E-state index in [4.69, 9.17) is 4.74 Å². The van der Waals surface area contributed by atoms with Crippen LogP contribution in [0.5, 0.6) is 0 Å². The van der Waals surface area contributed by atoms with Gasteiger partial charge in [-0.15, -0.1) is 11.3 Å². The Balaban J connectivity index is 2.25. The first-order chi connectivity index (χ1) is 9.61. The molecular weight excluding hydrogens is 338 g/mol. The first kappa shape index (κ1) is 13.6. The molecule has 1 aromatic carbocycles. The number of carbonyl (C=O) groups excluding carboxylic acids is 1. The van der Waals surface area contributed by atoms with Gasteiger partial charge in [0.25, 0.3) is 0 Å². The number of thiophene rings is 1. The molecular formula is C15H14BrNO2S. The lowest BCUT2D eigenvalue weighted by atomic mass is 10.0. The normalized spacial score (nSPS) is 13.4. The molecule has 0 aliphatic carbocycles. The fourth-order valence-electron chi connectivity index (χ4n) is 2.50. The molecule has 3 nitrogen and oxygen atoms in total. The number of fused-ring (bicyclic) bond motifs is 3. The summed E-state index contributed by atoms with van der Waals surface area (Å²) >= 11 is 5.20. The zero-order chi connectivity index (χ0) is 14.3. The SMILES string of the molecule is COC(=O)c1cc2c(cc1Br)N(C)CCc1ccsc1-2. The van der Waals surface area contributed by atoms with Gasteiger partial charge in [0.05, 0.1) is 12.7 Å². The number of carbonyl (C=O) groups is 1. The summed E-state index contributed by atoms with van der Waals surface area (Å²) in [6, 6.07) is 6.11. The van der Waals surface area contributed by atoms with E-state index in [2.05, 4.69) is 39.3 Å². The molecule has 0 fully saturated rings. The predicted octanol–water partition coefficient (Wildman–Crippen LogP) is 3.96. The van der Waals surface area contributed by atoms with Gasteiger partial charge in [0.15, 0.2) is 0 Å². The Labute approximate surface area is 130 Å². The second-order valence-electron chi connectivity index (χ2n) is 4.79. The van der Waals surface area contributed by atoms with E-state index >= 15 is 0 Å². The summed E-state index contributed by atoms with van der Waals surface area (Å²) < 4.78 is 5.63. The molecule has 0 radical (unpaired) electrons. The molecule has 1 aliphatic rings. The molecule has 0 spiro atoms. The van der Waals surface area contributed by atoms with Crippen LogP contribution in [0.2, 0.25) is 0 Å². The van der Waals surface area contributed by atoms with Crippen molar-refractivity contribution in [2.75, 3.05) is 25.6 Å². The number of rotatable bonds is 1. The van der Waals surface area contributed by atoms with Gasteiger partial charge in [0.1, 0.15) is 0 Å². The van der Waals surface area contributed by atoms with Gasteiger partial charge in [-0.2, -0.15) is 0 Å². The summed E-state index contributed by atoms with van der Waals surface area (Å²) in [5, 5.41) is 2.11. The predicted molar refractivity (Wildman–Crippen MR) is 85.8 cm³/mol. The summed E-state index contributed by atoms with van der Waals surface area (Å²) in [6.45, 7) is 0.973. The van der Waals surface area contributed by atoms with Crippen LogP contribution in [0.4, 0.5) is 5.69 Å². The summed E-state index contributed by atoms with van der Waals surface area (Å²) in [5.41, 5.74) is 4.17. The van der Waals surface area contributed by atoms with Crippen molar-refractivity contribution < 1.29 is 9.53 Å². The third kappa shape index (κ3) is 2.15. The number of ether oxygens (including phenoxy) is 1. The van der Waals surface area contributed by atoms with Crippen LogP contribution in [0.25, 0.3) is 10.4 Å². The lowest BCUT2D eigenvalue weighted by Gasteiger charge is -2.20. The van der Waals surface area contributed by atoms with Crippen LogP contribution >= 0.6 is 27.3 Å². The molecule has 5 heteroatoms. The van der Waals surface area contributed by atoms with Crippen molar-refractivity contribution in [2.24, 2.45) is 0 Å². The molecule has 0 bridgehead atoms. The lowest BCUT2D eigenvalue weighted by Crippen LogP contribution is -2.19. The first-order valence-corrected chi connectivity index (χ1v) is 7.99. The van der Waals surface area contributed by atoms with E-state index < -0.39 is 0 Å². The van der Waals surface area contributed by atoms with Crippen LogP contribution in [-0.2, 0) is 11.2 Å². The third-order valence-electron chi connectivity index (χ3n) is 3.61. The number of esters is 1. The van der Waals surface area contributed by atoms with Gasteiger partial charge in [-0.25, -0.2) is 4.79 Å². The molecule has 0 atom stereocenters. The number of nitrogens with zero attached hydrogens (tertiary/aromatic N) is 1. The van der Waals surface area contributed by atoms with Crippen molar-refractivity contribution >= 4 is 38.9 Å². The number of likely N-dealkylation sites (N-methyl/N-ethyl adjacent to an activating group) is 1. The van der Waals surface area contributed by atoms with E-state index in [0.717, 1.165) is 28.7 Å². The van der Waals surface area contributed by atoms with Crippen molar-refractivity contribution in [1.29, 1.82) is 0 Å². The zero-order valence-corrected chi connectivity index (χ0v) is 13.7. The fourth-order valence-corrected chi connectivity index (χ4v) is 3.98. The Hall–Kier alpha value is -1.33. The van der Waals surface area contributed by atoms with Gasteiger partial charge in [-0.3, -0.25) is 0 Å². The quantitative estimate of drug-likeness (QED) is 0.728. The maximum Gasteiger partial charge on any atom is 0.339 e. The Morgan fingerprint density at radius 1 is 1.45 bits per heavy atom. The van der Waals surface area contributed by atoms with Crippen LogP contribution in [0, 0.1) is 0 Å². The van der Waals surface area contributed by atoms with Crippen LogP contribution in [0.3, 0.4) is 0 Å². The number of anilines is 1. The molecule has 0 amide bonds. The van der Waals surface area contributed by atoms with E-state index in [9.17, 15) is 4.79 Å². The summed E-state index contributed by atoms with van der Waals surface area (Å²) in [6.07, 6.45) is 1.02. The van der Waals surface area contributed by atoms with Crippen molar-refractivity contribution in [2.45, 2.75) is 6.42 Å². The fraction of sp³-hybridized carbons (Fsp3) is 0.267. The van der Waals surface area contributed by atoms with E-state index in [1.807, 2.05) is 12.1 Å². The molecule has 1 aliphatic heterocycles. The molecule has 0 N–H and O–H groups in total. The average Bonchev–Trinajstić information content (AvgIpc) is 2.87. The van der Waals surface area contributed by atoms with Crippen LogP contribution in [0.15, 0.2) is 28.1 Å². The molecule has 2 aromatic rings. The number of halogens is 1. The highest BCUT2D eigenvalue weighted by molar-refractivity contribution is 9.10. The van der Waals surface area contributed by atoms with Gasteiger partial charge in [-0.1, -0.05) is 0 Å². The van der Waals surface area contributed by atoms with Crippen molar-refractivity contribution in [3.63, 3.8) is 0 Å². The topological polar surface area (TPSA) is 29.5 Å². The van der Waals surface area contributed by atoms with Crippen molar-refractivity contribution in [3.05, 3.63) is 39.2 Å². The molecule has 1 aromatic heterocycles. The minimum Gasteiger partial charge on any atom is -0.465 e. The highest BCUT2D eigenvalue weighted by Crippen LogP contribution is 2.41. The largest absolute Gasteiger partial charge is 0.465 e. The van der Waals surface area contributed by atoms with Gasteiger partial charge in [-0.05, 0) is 51.5 Å². The minimum absolute atomic E-state index is 0.315. The molecule has 0 unspecified atom stereocenters. The molecule has 0 saturated heterocycles. The number of benzene rings is 1. The van der Waals surface area contributed by atoms with Gasteiger partial charge in [0.2, 0.25) is 0 Å². The Bertz CT molecular complexity index is 681. The highest BCUT2D eigenvalue weighted by atomic mass is 79.9. The average molecular weight is 352 g/mol. The highest BCUT2D eigenvalue weighted by Gasteiger charge is 2.22. The van der Waals surface area contributed by atoms with Crippen LogP contribution in [-0.4, -0.2) is 26.7 Å². The van der Waals surface area contributed by atoms with Crippen LogP contribution in [0.1, 0.15) is 15.9 Å². The smallest absolute Gasteiger partial charge is 0.339 e. The van der Waals surface area contributed by atoms with Crippen molar-refractivity contribution in [3.8, 4) is 10.4 Å². The molecule has 2 heterocycles. The third-order valence-corrected chi connectivity index (χ3v) is 5.26. The lowest BCUT2D eigenvalue weighted by molar-refractivity contribution is 0.0600. The van der Waals surface area contributed by atoms with Gasteiger partial charge in [0, 0.05) is 34.2 Å². The second-order valence-corrected chi connectivity index (χ2v) is 6.56. The number of hydrogen-bond acceptors (Lipinski definition) is 4. The molecule has 104 valence electrons. The number of methoxy groups -OCH3 is 1.